The van der Waals surface area contributed by atoms with Gasteiger partial charge in [0.15, 0.2) is 6.61 Å². The molecule has 32 heavy (non-hydrogen) atoms. The number of piperidine rings is 1. The number of hydrogen-bond donors (Lipinski definition) is 2. The normalized spacial score (nSPS) is 16.9. The number of terminal acetylenes is 1. The van der Waals surface area contributed by atoms with Gasteiger partial charge < -0.3 is 15.0 Å². The highest BCUT2D eigenvalue weighted by atomic mass is 32.1. The lowest BCUT2D eigenvalue weighted by Crippen LogP contribution is -2.35. The Hall–Kier alpha value is -3.38. The summed E-state index contributed by atoms with van der Waals surface area (Å²) < 4.78 is 4.99. The Morgan fingerprint density at radius 3 is 2.91 bits per heavy atom. The maximum atomic E-state index is 12.0. The Morgan fingerprint density at radius 2 is 2.19 bits per heavy atom. The van der Waals surface area contributed by atoms with Crippen molar-refractivity contribution in [2.45, 2.75) is 37.6 Å². The molecule has 2 fully saturated rings. The number of carbonyl (C=O) groups is 1. The highest BCUT2D eigenvalue weighted by Crippen LogP contribution is 2.47. The number of ether oxygens (including phenoxy) is 1. The third-order valence-corrected chi connectivity index (χ3v) is 6.99. The van der Waals surface area contributed by atoms with Crippen LogP contribution in [0.5, 0.6) is 0 Å². The number of thiazole rings is 1. The number of amides is 1. The number of hydrogen-bond acceptors (Lipinski definition) is 7. The standard InChI is InChI=1S/C23H24N6O2S/c1-2-13-31-22(30)26-23(8-9-23)18-14-17(27-28-18)19-20(29-11-4-3-5-12-29)25-21(32-19)16-7-6-10-24-15-16/h1,6-7,10,14-15H,3-5,8-9,11-13H2,(H,26,30)(H,27,28). The molecule has 2 aliphatic rings. The van der Waals surface area contributed by atoms with Crippen LogP contribution < -0.4 is 10.2 Å². The van der Waals surface area contributed by atoms with Gasteiger partial charge in [-0.2, -0.15) is 5.10 Å². The SMILES string of the molecule is C#CCOC(=O)NC1(c2cc(-c3sc(-c4cccnc4)nc3N3CCCCC3)n[nH]2)CC1. The number of nitrogens with one attached hydrogen (secondary N) is 2. The Labute approximate surface area is 190 Å². The van der Waals surface area contributed by atoms with Crippen molar-refractivity contribution in [3.8, 4) is 33.5 Å². The van der Waals surface area contributed by atoms with Crippen molar-refractivity contribution in [3.63, 3.8) is 0 Å². The monoisotopic (exact) mass is 448 g/mol. The molecule has 1 aliphatic carbocycles. The van der Waals surface area contributed by atoms with Gasteiger partial charge in [0.25, 0.3) is 0 Å². The van der Waals surface area contributed by atoms with Gasteiger partial charge in [0.2, 0.25) is 0 Å². The van der Waals surface area contributed by atoms with Gasteiger partial charge in [0.05, 0.1) is 16.1 Å². The molecule has 1 amide bonds. The molecule has 0 unspecified atom stereocenters. The van der Waals surface area contributed by atoms with Crippen LogP contribution in [0.2, 0.25) is 0 Å². The first-order valence-corrected chi connectivity index (χ1v) is 11.6. The summed E-state index contributed by atoms with van der Waals surface area (Å²) in [7, 11) is 0. The van der Waals surface area contributed by atoms with Gasteiger partial charge in [-0.25, -0.2) is 9.78 Å². The molecular weight excluding hydrogens is 424 g/mol. The molecule has 5 rings (SSSR count). The number of carbonyl (C=O) groups excluding carboxylic acids is 1. The molecular formula is C23H24N6O2S. The van der Waals surface area contributed by atoms with Crippen molar-refractivity contribution in [2.75, 3.05) is 24.6 Å². The number of alkyl carbamates (subject to hydrolysis) is 1. The number of aromatic nitrogens is 4. The molecule has 2 N–H and O–H groups in total. The summed E-state index contributed by atoms with van der Waals surface area (Å²) in [4.78, 5) is 24.7. The summed E-state index contributed by atoms with van der Waals surface area (Å²) in [5, 5.41) is 11.6. The number of rotatable bonds is 6. The van der Waals surface area contributed by atoms with Crippen molar-refractivity contribution in [1.29, 1.82) is 0 Å². The summed E-state index contributed by atoms with van der Waals surface area (Å²) in [6, 6.07) is 5.96. The molecule has 0 spiro atoms. The van der Waals surface area contributed by atoms with Crippen molar-refractivity contribution in [1.82, 2.24) is 25.5 Å². The topological polar surface area (TPSA) is 96.0 Å². The Bertz CT molecular complexity index is 1140. The van der Waals surface area contributed by atoms with Crippen LogP contribution >= 0.6 is 11.3 Å². The first-order valence-electron chi connectivity index (χ1n) is 10.8. The zero-order valence-electron chi connectivity index (χ0n) is 17.6. The highest BCUT2D eigenvalue weighted by molar-refractivity contribution is 7.19. The third-order valence-electron chi connectivity index (χ3n) is 5.88. The van der Waals surface area contributed by atoms with Crippen LogP contribution in [0.15, 0.2) is 30.6 Å². The number of nitrogens with zero attached hydrogens (tertiary/aromatic N) is 4. The van der Waals surface area contributed by atoms with Crippen LogP contribution in [-0.4, -0.2) is 46.0 Å². The zero-order valence-corrected chi connectivity index (χ0v) is 18.5. The maximum Gasteiger partial charge on any atom is 0.408 e. The number of aromatic amines is 1. The lowest BCUT2D eigenvalue weighted by atomic mass is 10.1. The largest absolute Gasteiger partial charge is 0.436 e. The second kappa shape index (κ2) is 8.63. The summed E-state index contributed by atoms with van der Waals surface area (Å²) in [5.74, 6) is 3.28. The zero-order chi connectivity index (χ0) is 22.0. The predicted molar refractivity (Wildman–Crippen MR) is 123 cm³/mol. The molecule has 3 aromatic rings. The van der Waals surface area contributed by atoms with Gasteiger partial charge in [-0.15, -0.1) is 17.8 Å². The lowest BCUT2D eigenvalue weighted by Gasteiger charge is -2.27. The minimum absolute atomic E-state index is 0.0483. The van der Waals surface area contributed by atoms with Crippen molar-refractivity contribution in [3.05, 3.63) is 36.3 Å². The van der Waals surface area contributed by atoms with E-state index in [2.05, 4.69) is 31.3 Å². The molecule has 0 atom stereocenters. The Kier molecular flexibility index (Phi) is 5.53. The first kappa shape index (κ1) is 20.5. The van der Waals surface area contributed by atoms with Crippen LogP contribution in [0.4, 0.5) is 10.6 Å². The number of anilines is 1. The highest BCUT2D eigenvalue weighted by Gasteiger charge is 2.48. The lowest BCUT2D eigenvalue weighted by molar-refractivity contribution is 0.154. The average Bonchev–Trinajstić information content (AvgIpc) is 3.25. The van der Waals surface area contributed by atoms with Crippen LogP contribution in [0, 0.1) is 12.3 Å². The molecule has 1 saturated heterocycles. The predicted octanol–water partition coefficient (Wildman–Crippen LogP) is 3.93. The van der Waals surface area contributed by atoms with E-state index in [4.69, 9.17) is 16.1 Å². The minimum Gasteiger partial charge on any atom is -0.436 e. The van der Waals surface area contributed by atoms with Gasteiger partial charge >= 0.3 is 6.09 Å². The van der Waals surface area contributed by atoms with E-state index in [0.717, 1.165) is 71.4 Å². The molecule has 1 saturated carbocycles. The van der Waals surface area contributed by atoms with Crippen molar-refractivity contribution >= 4 is 23.2 Å². The van der Waals surface area contributed by atoms with Gasteiger partial charge in [0, 0.05) is 31.0 Å². The van der Waals surface area contributed by atoms with E-state index in [1.54, 1.807) is 17.5 Å². The van der Waals surface area contributed by atoms with E-state index in [1.807, 2.05) is 24.4 Å². The molecule has 164 valence electrons. The molecule has 4 heterocycles. The second-order valence-electron chi connectivity index (χ2n) is 8.12. The van der Waals surface area contributed by atoms with Gasteiger partial charge in [0.1, 0.15) is 16.5 Å². The molecule has 0 bridgehead atoms. The molecule has 3 aromatic heterocycles. The van der Waals surface area contributed by atoms with E-state index in [0.29, 0.717) is 0 Å². The fraction of sp³-hybridized carbons (Fsp3) is 0.391. The Balaban J connectivity index is 1.46. The summed E-state index contributed by atoms with van der Waals surface area (Å²) in [6.45, 7) is 1.94. The van der Waals surface area contributed by atoms with Crippen molar-refractivity contribution in [2.24, 2.45) is 0 Å². The molecule has 9 heteroatoms. The van der Waals surface area contributed by atoms with Gasteiger partial charge in [-0.1, -0.05) is 5.92 Å². The minimum atomic E-state index is -0.512. The van der Waals surface area contributed by atoms with Crippen LogP contribution in [-0.2, 0) is 10.3 Å². The quantitative estimate of drug-likeness (QED) is 0.555. The van der Waals surface area contributed by atoms with E-state index in [-0.39, 0.29) is 6.61 Å². The molecule has 0 aromatic carbocycles. The Morgan fingerprint density at radius 1 is 1.34 bits per heavy atom. The van der Waals surface area contributed by atoms with Crippen molar-refractivity contribution < 1.29 is 9.53 Å². The first-order chi connectivity index (χ1) is 15.7. The van der Waals surface area contributed by atoms with E-state index >= 15 is 0 Å². The smallest absolute Gasteiger partial charge is 0.408 e. The van der Waals surface area contributed by atoms with E-state index in [1.165, 1.54) is 6.42 Å². The van der Waals surface area contributed by atoms with Gasteiger partial charge in [-0.3, -0.25) is 10.1 Å². The third kappa shape index (κ3) is 4.06. The maximum absolute atomic E-state index is 12.0. The van der Waals surface area contributed by atoms with Crippen LogP contribution in [0.1, 0.15) is 37.8 Å². The fourth-order valence-corrected chi connectivity index (χ4v) is 5.06. The van der Waals surface area contributed by atoms with Crippen LogP contribution in [0.3, 0.4) is 0 Å². The fourth-order valence-electron chi connectivity index (χ4n) is 4.02. The summed E-state index contributed by atoms with van der Waals surface area (Å²) in [6.07, 6.45) is 13.5. The summed E-state index contributed by atoms with van der Waals surface area (Å²) in [5.41, 5.74) is 2.22. The number of H-pyrrole nitrogens is 1. The molecule has 1 aliphatic heterocycles. The van der Waals surface area contributed by atoms with Gasteiger partial charge in [-0.05, 0) is 50.3 Å². The molecule has 0 radical (unpaired) electrons. The average molecular weight is 449 g/mol. The molecule has 8 nitrogen and oxygen atoms in total. The van der Waals surface area contributed by atoms with Crippen LogP contribution in [0.25, 0.3) is 21.1 Å². The van der Waals surface area contributed by atoms with E-state index in [9.17, 15) is 4.79 Å². The second-order valence-corrected chi connectivity index (χ2v) is 9.11. The summed E-state index contributed by atoms with van der Waals surface area (Å²) >= 11 is 1.62. The number of pyridine rings is 1. The van der Waals surface area contributed by atoms with E-state index < -0.39 is 11.6 Å².